The average Bonchev–Trinajstić information content (AvgIpc) is 2.29. The van der Waals surface area contributed by atoms with Crippen molar-refractivity contribution in [2.24, 2.45) is 0 Å². The highest BCUT2D eigenvalue weighted by molar-refractivity contribution is 8.01. The van der Waals surface area contributed by atoms with Crippen molar-refractivity contribution in [3.8, 4) is 0 Å². The molecule has 1 amide bonds. The van der Waals surface area contributed by atoms with E-state index in [4.69, 9.17) is 0 Å². The van der Waals surface area contributed by atoms with Gasteiger partial charge in [0.2, 0.25) is 6.04 Å². The first kappa shape index (κ1) is 11.9. The van der Waals surface area contributed by atoms with Gasteiger partial charge in [-0.1, -0.05) is 11.8 Å². The fourth-order valence-electron chi connectivity index (χ4n) is 3.02. The molecule has 2 fully saturated rings. The number of aliphatic hydroxyl groups excluding tert-OH is 1. The summed E-state index contributed by atoms with van der Waals surface area (Å²) in [6.45, 7) is 5.15. The van der Waals surface area contributed by atoms with Crippen molar-refractivity contribution in [2.45, 2.75) is 49.6 Å². The predicted octanol–water partition coefficient (Wildman–Crippen LogP) is 0.377. The molecule has 2 heterocycles. The van der Waals surface area contributed by atoms with Gasteiger partial charge in [-0.15, -0.1) is 0 Å². The van der Waals surface area contributed by atoms with E-state index < -0.39 is 23.0 Å². The minimum absolute atomic E-state index is 0.108. The molecule has 2 rings (SSSR count). The molecule has 16 heavy (non-hydrogen) atoms. The molecule has 2 N–H and O–H groups in total. The van der Waals surface area contributed by atoms with E-state index in [1.165, 1.54) is 18.7 Å². The number of thioether (sulfide) groups is 1. The van der Waals surface area contributed by atoms with Gasteiger partial charge in [0, 0.05) is 6.92 Å². The first-order valence-electron chi connectivity index (χ1n) is 5.24. The van der Waals surface area contributed by atoms with Crippen LogP contribution >= 0.6 is 11.8 Å². The third-order valence-corrected chi connectivity index (χ3v) is 5.25. The summed E-state index contributed by atoms with van der Waals surface area (Å²) in [6.07, 6.45) is -0.593. The van der Waals surface area contributed by atoms with Gasteiger partial charge in [0.25, 0.3) is 0 Å². The molecule has 0 bridgehead atoms. The van der Waals surface area contributed by atoms with Crippen LogP contribution in [0, 0.1) is 0 Å². The lowest BCUT2D eigenvalue weighted by molar-refractivity contribution is -0.943. The molecule has 5 nitrogen and oxygen atoms in total. The third kappa shape index (κ3) is 1.15. The van der Waals surface area contributed by atoms with Gasteiger partial charge in [-0.3, -0.25) is 0 Å². The van der Waals surface area contributed by atoms with E-state index in [9.17, 15) is 19.8 Å². The molecule has 6 heteroatoms. The van der Waals surface area contributed by atoms with Crippen molar-refractivity contribution in [3.05, 3.63) is 0 Å². The van der Waals surface area contributed by atoms with Crippen LogP contribution in [0.25, 0.3) is 0 Å². The molecule has 0 radical (unpaired) electrons. The Kier molecular flexibility index (Phi) is 2.38. The number of rotatable bonds is 2. The molecule has 0 aromatic rings. The van der Waals surface area contributed by atoms with Crippen LogP contribution in [0.3, 0.4) is 0 Å². The maximum Gasteiger partial charge on any atom is 0.364 e. The monoisotopic (exact) mass is 246 g/mol. The molecule has 0 saturated carbocycles. The first-order chi connectivity index (χ1) is 7.24. The summed E-state index contributed by atoms with van der Waals surface area (Å²) in [5.74, 6) is -1.17. The van der Waals surface area contributed by atoms with Crippen molar-refractivity contribution >= 4 is 23.6 Å². The van der Waals surface area contributed by atoms with E-state index in [1.54, 1.807) is 0 Å². The fraction of sp³-hybridized carbons (Fsp3) is 0.800. The molecule has 2 aliphatic rings. The number of carboxylic acid groups (broad SMARTS) is 1. The number of amides is 1. The van der Waals surface area contributed by atoms with Crippen molar-refractivity contribution in [2.75, 3.05) is 0 Å². The minimum Gasteiger partial charge on any atom is -0.477 e. The van der Waals surface area contributed by atoms with Gasteiger partial charge in [-0.2, -0.15) is 0 Å². The number of β-lactam (4-membered cyclic amide) rings is 1. The highest BCUT2D eigenvalue weighted by Gasteiger charge is 2.75. The zero-order valence-electron chi connectivity index (χ0n) is 9.51. The number of aliphatic carboxylic acids is 1. The summed E-state index contributed by atoms with van der Waals surface area (Å²) in [6, 6.07) is -0.858. The van der Waals surface area contributed by atoms with Gasteiger partial charge >= 0.3 is 11.9 Å². The standard InChI is InChI=1S/C10H15NO4S/c1-5(12)11-6(13)4-7(11)16-10(2,3)8(11)9(14)15/h5,7-8,12H,4H2,1-3H3/p+1/t5?,7?,8-,11?/m0/s1. The van der Waals surface area contributed by atoms with Gasteiger partial charge in [0.05, 0.1) is 4.75 Å². The van der Waals surface area contributed by atoms with Crippen LogP contribution in [0.5, 0.6) is 0 Å². The minimum atomic E-state index is -1.01. The molecule has 3 unspecified atom stereocenters. The Balaban J connectivity index is 2.52. The van der Waals surface area contributed by atoms with Gasteiger partial charge in [-0.25, -0.2) is 14.1 Å². The summed E-state index contributed by atoms with van der Waals surface area (Å²) in [5, 5.41) is 19.0. The second kappa shape index (κ2) is 3.21. The highest BCUT2D eigenvalue weighted by Crippen LogP contribution is 2.57. The summed E-state index contributed by atoms with van der Waals surface area (Å²) < 4.78 is -0.827. The van der Waals surface area contributed by atoms with Crippen LogP contribution in [0.15, 0.2) is 0 Å². The number of quaternary nitrogens is 1. The number of nitrogens with zero attached hydrogens (tertiary/aromatic N) is 1. The van der Waals surface area contributed by atoms with Crippen LogP contribution in [-0.2, 0) is 9.59 Å². The zero-order chi connectivity index (χ0) is 12.3. The van der Waals surface area contributed by atoms with E-state index in [-0.39, 0.29) is 15.8 Å². The van der Waals surface area contributed by atoms with Gasteiger partial charge < -0.3 is 10.2 Å². The number of carboxylic acids is 1. The van der Waals surface area contributed by atoms with Gasteiger partial charge in [-0.05, 0) is 13.8 Å². The molecule has 0 spiro atoms. The Labute approximate surface area is 98.0 Å². The number of hydrogen-bond acceptors (Lipinski definition) is 4. The Morgan fingerprint density at radius 1 is 1.62 bits per heavy atom. The van der Waals surface area contributed by atoms with E-state index in [0.717, 1.165) is 0 Å². The van der Waals surface area contributed by atoms with Crippen LogP contribution in [0.4, 0.5) is 0 Å². The number of carbonyl (C=O) groups is 2. The molecule has 0 aromatic carbocycles. The van der Waals surface area contributed by atoms with Crippen molar-refractivity contribution in [1.82, 2.24) is 0 Å². The van der Waals surface area contributed by atoms with Crippen LogP contribution in [0.1, 0.15) is 27.2 Å². The average molecular weight is 246 g/mol. The lowest BCUT2D eigenvalue weighted by atomic mass is 9.93. The zero-order valence-corrected chi connectivity index (χ0v) is 10.3. The largest absolute Gasteiger partial charge is 0.477 e. The molecule has 0 aromatic heterocycles. The van der Waals surface area contributed by atoms with Crippen LogP contribution in [0.2, 0.25) is 0 Å². The maximum atomic E-state index is 11.8. The molecule has 2 aliphatic heterocycles. The molecule has 4 atom stereocenters. The van der Waals surface area contributed by atoms with E-state index in [1.807, 2.05) is 13.8 Å². The predicted molar refractivity (Wildman–Crippen MR) is 58.4 cm³/mol. The topological polar surface area (TPSA) is 74.6 Å². The number of fused-ring (bicyclic) bond motifs is 1. The van der Waals surface area contributed by atoms with Gasteiger partial charge in [0.15, 0.2) is 11.6 Å². The summed E-state index contributed by atoms with van der Waals surface area (Å²) in [4.78, 5) is 23.2. The Bertz CT molecular complexity index is 368. The van der Waals surface area contributed by atoms with E-state index in [2.05, 4.69) is 0 Å². The Morgan fingerprint density at radius 2 is 2.19 bits per heavy atom. The molecule has 0 aliphatic carbocycles. The van der Waals surface area contributed by atoms with E-state index in [0.29, 0.717) is 6.42 Å². The van der Waals surface area contributed by atoms with Crippen molar-refractivity contribution in [3.63, 3.8) is 0 Å². The van der Waals surface area contributed by atoms with Crippen LogP contribution in [-0.4, -0.2) is 49.0 Å². The Morgan fingerprint density at radius 3 is 2.50 bits per heavy atom. The van der Waals surface area contributed by atoms with Gasteiger partial charge in [0.1, 0.15) is 6.42 Å². The summed E-state index contributed by atoms with van der Waals surface area (Å²) in [7, 11) is 0. The van der Waals surface area contributed by atoms with Crippen molar-refractivity contribution in [1.29, 1.82) is 0 Å². The number of aliphatic hydroxyl groups is 1. The molecule has 2 saturated heterocycles. The lowest BCUT2D eigenvalue weighted by Crippen LogP contribution is -2.75. The molecular formula is C10H16NO4S+. The SMILES string of the molecule is CC(O)[N+]12C(=O)CC1SC(C)(C)[C@@H]2C(=O)O. The smallest absolute Gasteiger partial charge is 0.364 e. The number of carbonyl (C=O) groups excluding carboxylic acids is 1. The molecule has 90 valence electrons. The first-order valence-corrected chi connectivity index (χ1v) is 6.12. The summed E-state index contributed by atoms with van der Waals surface area (Å²) >= 11 is 1.50. The quantitative estimate of drug-likeness (QED) is 0.544. The second-order valence-corrected chi connectivity index (χ2v) is 6.81. The maximum absolute atomic E-state index is 11.8. The van der Waals surface area contributed by atoms with Crippen molar-refractivity contribution < 1.29 is 24.3 Å². The normalized spacial score (nSPS) is 42.4. The van der Waals surface area contributed by atoms with Crippen LogP contribution < -0.4 is 0 Å². The fourth-order valence-corrected chi connectivity index (χ4v) is 4.94. The lowest BCUT2D eigenvalue weighted by Gasteiger charge is -2.48. The third-order valence-electron chi connectivity index (χ3n) is 3.64. The van der Waals surface area contributed by atoms with E-state index >= 15 is 0 Å². The molecular weight excluding hydrogens is 230 g/mol. The number of hydrogen-bond donors (Lipinski definition) is 2. The summed E-state index contributed by atoms with van der Waals surface area (Å²) in [5.41, 5.74) is 0. The highest BCUT2D eigenvalue weighted by atomic mass is 32.2. The second-order valence-electron chi connectivity index (χ2n) is 4.98. The Hall–Kier alpha value is -0.590.